The third kappa shape index (κ3) is 10.3. The zero-order valence-electron chi connectivity index (χ0n) is 32.8. The minimum absolute atomic E-state index is 0.806. The Bertz CT molecular complexity index is 1430. The van der Waals surface area contributed by atoms with Crippen molar-refractivity contribution in [3.8, 4) is 0 Å². The summed E-state index contributed by atoms with van der Waals surface area (Å²) >= 11 is 0. The maximum Gasteiger partial charge on any atom is 0.169 e. The summed E-state index contributed by atoms with van der Waals surface area (Å²) in [5.74, 6) is -10.2. The lowest BCUT2D eigenvalue weighted by molar-refractivity contribution is -0.136. The molecule has 1 aliphatic rings. The van der Waals surface area contributed by atoms with Crippen LogP contribution < -0.4 is 0 Å². The van der Waals surface area contributed by atoms with E-state index >= 15 is 0 Å². The zero-order valence-corrected chi connectivity index (χ0v) is 32.8. The second kappa shape index (κ2) is 16.7. The third-order valence-electron chi connectivity index (χ3n) is 9.71. The fourth-order valence-electron chi connectivity index (χ4n) is 4.14. The number of carbonyl (C=O) groups is 12. The summed E-state index contributed by atoms with van der Waals surface area (Å²) in [5.41, 5.74) is -10.8. The Balaban J connectivity index is 3.73. The average Bonchev–Trinajstić information content (AvgIpc) is 3.09. The topological polar surface area (TPSA) is 205 Å². The van der Waals surface area contributed by atoms with E-state index in [0.29, 0.717) is 0 Å². The lowest BCUT2D eigenvalue weighted by Crippen LogP contribution is -2.35. The van der Waals surface area contributed by atoms with Gasteiger partial charge in [-0.3, -0.25) is 57.5 Å². The molecular formula is C42H48O12. The van der Waals surface area contributed by atoms with Crippen molar-refractivity contribution in [3.05, 3.63) is 72.9 Å². The van der Waals surface area contributed by atoms with Gasteiger partial charge in [0.15, 0.2) is 69.4 Å². The van der Waals surface area contributed by atoms with Crippen molar-refractivity contribution >= 4 is 69.4 Å². The Morgan fingerprint density at radius 2 is 0.241 bits per heavy atom. The van der Waals surface area contributed by atoms with Gasteiger partial charge in [0.25, 0.3) is 0 Å². The Kier molecular flexibility index (Phi) is 14.3. The fourth-order valence-corrected chi connectivity index (χ4v) is 4.14. The van der Waals surface area contributed by atoms with Gasteiger partial charge in [-0.25, -0.2) is 0 Å². The minimum Gasteiger partial charge on any atom is -0.294 e. The Morgan fingerprint density at radius 3 is 0.296 bits per heavy atom. The second-order valence-electron chi connectivity index (χ2n) is 16.1. The molecule has 54 heavy (non-hydrogen) atoms. The highest BCUT2D eigenvalue weighted by atomic mass is 16.2. The molecule has 0 amide bonds. The van der Waals surface area contributed by atoms with Crippen LogP contribution in [0.1, 0.15) is 83.1 Å². The molecule has 0 aliphatic heterocycles. The lowest BCUT2D eigenvalue weighted by Gasteiger charge is -2.21. The van der Waals surface area contributed by atoms with Crippen LogP contribution in [0.2, 0.25) is 0 Å². The highest BCUT2D eigenvalue weighted by Gasteiger charge is 2.40. The van der Waals surface area contributed by atoms with Crippen molar-refractivity contribution in [2.45, 2.75) is 83.1 Å². The quantitative estimate of drug-likeness (QED) is 0.318. The number of hydrogen-bond acceptors (Lipinski definition) is 12. The molecule has 0 saturated heterocycles. The van der Waals surface area contributed by atoms with E-state index in [1.807, 2.05) is 0 Å². The van der Waals surface area contributed by atoms with E-state index in [1.54, 1.807) is 0 Å². The van der Waals surface area contributed by atoms with Crippen molar-refractivity contribution < 1.29 is 57.5 Å². The molecule has 0 heterocycles. The number of allylic oxidation sites excluding steroid dienone is 12. The SMILES string of the molecule is CC1(C)C(=O)/C=C\C(=O)C(C)(C)C(=O)/C=C/C(=O)C(C)(C)C(=O)/C=C/C(=O)C(C)(C)C(=O)/C=C\C(=O)C(C)(C)C(=O)/C=C/C(=O)C(C)(C)C(=O)/C=C/C1=O. The predicted molar refractivity (Wildman–Crippen MR) is 198 cm³/mol. The lowest BCUT2D eigenvalue weighted by atomic mass is 9.78. The van der Waals surface area contributed by atoms with Crippen molar-refractivity contribution in [1.82, 2.24) is 0 Å². The Morgan fingerprint density at radius 1 is 0.185 bits per heavy atom. The first-order valence-electron chi connectivity index (χ1n) is 16.9. The molecule has 0 aromatic rings. The van der Waals surface area contributed by atoms with Crippen LogP contribution in [-0.4, -0.2) is 69.4 Å². The molecular weight excluding hydrogens is 696 g/mol. The van der Waals surface area contributed by atoms with E-state index in [2.05, 4.69) is 0 Å². The molecule has 0 unspecified atom stereocenters. The van der Waals surface area contributed by atoms with E-state index in [0.717, 1.165) is 72.9 Å². The highest BCUT2D eigenvalue weighted by Crippen LogP contribution is 2.27. The van der Waals surface area contributed by atoms with E-state index in [4.69, 9.17) is 0 Å². The largest absolute Gasteiger partial charge is 0.294 e. The Hall–Kier alpha value is -5.52. The first-order valence-corrected chi connectivity index (χ1v) is 16.9. The van der Waals surface area contributed by atoms with E-state index in [1.165, 1.54) is 83.1 Å². The molecule has 0 N–H and O–H groups in total. The molecule has 0 aromatic carbocycles. The third-order valence-corrected chi connectivity index (χ3v) is 9.71. The van der Waals surface area contributed by atoms with Crippen LogP contribution in [0.15, 0.2) is 72.9 Å². The van der Waals surface area contributed by atoms with Gasteiger partial charge >= 0.3 is 0 Å². The van der Waals surface area contributed by atoms with Gasteiger partial charge in [-0.2, -0.15) is 0 Å². The normalized spacial score (nSPS) is 26.9. The summed E-state index contributed by atoms with van der Waals surface area (Å²) in [4.78, 5) is 156. The second-order valence-corrected chi connectivity index (χ2v) is 16.1. The van der Waals surface area contributed by atoms with Gasteiger partial charge < -0.3 is 0 Å². The first kappa shape index (κ1) is 46.5. The zero-order chi connectivity index (χ0) is 42.4. The summed E-state index contributed by atoms with van der Waals surface area (Å²) in [6.45, 7) is 14.9. The monoisotopic (exact) mass is 744 g/mol. The van der Waals surface area contributed by atoms with E-state index in [9.17, 15) is 57.5 Å². The van der Waals surface area contributed by atoms with Crippen molar-refractivity contribution in [3.63, 3.8) is 0 Å². The van der Waals surface area contributed by atoms with Crippen LogP contribution in [0.3, 0.4) is 0 Å². The predicted octanol–water partition coefficient (Wildman–Crippen LogP) is 4.32. The summed E-state index contributed by atoms with van der Waals surface area (Å²) in [6.07, 6.45) is 9.67. The van der Waals surface area contributed by atoms with Crippen LogP contribution in [0.25, 0.3) is 0 Å². The number of rotatable bonds is 0. The van der Waals surface area contributed by atoms with Gasteiger partial charge in [0.05, 0.1) is 32.5 Å². The van der Waals surface area contributed by atoms with Gasteiger partial charge in [-0.05, 0) is 156 Å². The van der Waals surface area contributed by atoms with Crippen molar-refractivity contribution in [2.75, 3.05) is 0 Å². The molecule has 12 heteroatoms. The smallest absolute Gasteiger partial charge is 0.169 e. The first-order chi connectivity index (χ1) is 24.3. The van der Waals surface area contributed by atoms with Crippen LogP contribution in [0.5, 0.6) is 0 Å². The molecule has 288 valence electrons. The molecule has 1 aliphatic carbocycles. The van der Waals surface area contributed by atoms with E-state index < -0.39 is 102 Å². The highest BCUT2D eigenvalue weighted by molar-refractivity contribution is 6.24. The molecule has 12 nitrogen and oxygen atoms in total. The molecule has 0 radical (unpaired) electrons. The number of hydrogen-bond donors (Lipinski definition) is 0. The maximum absolute atomic E-state index is 13.0. The number of carbonyl (C=O) groups excluding carboxylic acids is 12. The molecule has 0 fully saturated rings. The maximum atomic E-state index is 13.0. The fraction of sp³-hybridized carbons (Fsp3) is 0.429. The van der Waals surface area contributed by atoms with E-state index in [-0.39, 0.29) is 0 Å². The van der Waals surface area contributed by atoms with Gasteiger partial charge in [0.1, 0.15) is 0 Å². The molecule has 0 atom stereocenters. The van der Waals surface area contributed by atoms with Crippen molar-refractivity contribution in [1.29, 1.82) is 0 Å². The van der Waals surface area contributed by atoms with Gasteiger partial charge in [-0.1, -0.05) is 0 Å². The molecule has 0 spiro atoms. The summed E-state index contributed by atoms with van der Waals surface area (Å²) in [5, 5.41) is 0. The molecule has 0 bridgehead atoms. The Labute approximate surface area is 314 Å². The molecule has 0 saturated carbocycles. The summed E-state index contributed by atoms with van der Waals surface area (Å²) in [6, 6.07) is 0. The average molecular weight is 745 g/mol. The summed E-state index contributed by atoms with van der Waals surface area (Å²) in [7, 11) is 0. The van der Waals surface area contributed by atoms with Gasteiger partial charge in [-0.15, -0.1) is 0 Å². The molecule has 0 aromatic heterocycles. The van der Waals surface area contributed by atoms with Crippen LogP contribution in [0.4, 0.5) is 0 Å². The van der Waals surface area contributed by atoms with Gasteiger partial charge in [0, 0.05) is 0 Å². The molecule has 1 rings (SSSR count). The van der Waals surface area contributed by atoms with Crippen LogP contribution in [0, 0.1) is 32.5 Å². The van der Waals surface area contributed by atoms with Crippen LogP contribution in [-0.2, 0) is 57.5 Å². The standard InChI is InChI=1S/C42H48O12/c1-37(2)25(43)13-15-27(45)38(3,4)29(47)17-19-31(49)40(7,8)33(51)21-23-35(53)42(11,12)36(54)24-22-34(52)41(9,10)32(50)20-18-30(48)39(5,6)28(46)16-14-26(37)44/h13-24H,1-12H3/b15-13-,16-14+,19-17+,20-18+,23-21+,24-22-. The van der Waals surface area contributed by atoms with Crippen molar-refractivity contribution in [2.24, 2.45) is 32.5 Å². The van der Waals surface area contributed by atoms with Gasteiger partial charge in [0.2, 0.25) is 0 Å². The minimum atomic E-state index is -1.79. The van der Waals surface area contributed by atoms with Crippen LogP contribution >= 0.6 is 0 Å². The number of ketones is 12. The summed E-state index contributed by atoms with van der Waals surface area (Å²) < 4.78 is 0.